The number of nitrogens with two attached hydrogens (primary N) is 2. The summed E-state index contributed by atoms with van der Waals surface area (Å²) in [6, 6.07) is 10.00. The maximum atomic E-state index is 5.52. The normalized spacial score (nSPS) is 7.46. The molecule has 0 unspecified atom stereocenters. The van der Waals surface area contributed by atoms with Gasteiger partial charge in [0, 0.05) is 5.02 Å². The van der Waals surface area contributed by atoms with Gasteiger partial charge in [-0.15, -0.1) is 0 Å². The van der Waals surface area contributed by atoms with Gasteiger partial charge in [-0.2, -0.15) is 0 Å². The minimum absolute atomic E-state index is 0.750. The highest BCUT2D eigenvalue weighted by molar-refractivity contribution is 6.30. The van der Waals surface area contributed by atoms with Gasteiger partial charge in [0.15, 0.2) is 0 Å². The second-order valence-electron chi connectivity index (χ2n) is 2.03. The Labute approximate surface area is 85.9 Å². The van der Waals surface area contributed by atoms with E-state index in [4.69, 9.17) is 23.1 Å². The summed E-state index contributed by atoms with van der Waals surface area (Å²) in [4.78, 5) is 0. The van der Waals surface area contributed by atoms with Crippen LogP contribution in [0.2, 0.25) is 5.02 Å². The van der Waals surface area contributed by atoms with Crippen LogP contribution in [0.15, 0.2) is 24.3 Å². The summed E-state index contributed by atoms with van der Waals surface area (Å²) in [5, 5.41) is 0.763. The molecule has 0 atom stereocenters. The van der Waals surface area contributed by atoms with E-state index in [9.17, 15) is 0 Å². The molecule has 3 heteroatoms. The first-order valence-corrected chi connectivity index (χ1v) is 4.62. The molecule has 1 aromatic rings. The first kappa shape index (κ1) is 14.9. The van der Waals surface area contributed by atoms with Crippen molar-refractivity contribution >= 4 is 11.6 Å². The Morgan fingerprint density at radius 1 is 1.15 bits per heavy atom. The smallest absolute Gasteiger partial charge is 0.0406 e. The summed E-state index contributed by atoms with van der Waals surface area (Å²) in [6.45, 7) is 5.31. The van der Waals surface area contributed by atoms with Gasteiger partial charge in [0.2, 0.25) is 0 Å². The Morgan fingerprint density at radius 2 is 1.46 bits per heavy atom. The quantitative estimate of drug-likeness (QED) is 0.675. The Hall–Kier alpha value is -0.570. The average Bonchev–Trinajstić information content (AvgIpc) is 2.08. The molecule has 0 aliphatic carbocycles. The number of benzene rings is 1. The van der Waals surface area contributed by atoms with Crippen LogP contribution >= 0.6 is 11.6 Å². The van der Waals surface area contributed by atoms with Gasteiger partial charge in [0.25, 0.3) is 0 Å². The highest BCUT2D eigenvalue weighted by atomic mass is 35.5. The fourth-order valence-electron chi connectivity index (χ4n) is 0.367. The molecule has 0 bridgehead atoms. The molecule has 0 fully saturated rings. The van der Waals surface area contributed by atoms with Crippen LogP contribution < -0.4 is 11.5 Å². The molecule has 2 nitrogen and oxygen atoms in total. The molecule has 0 saturated carbocycles. The summed E-state index contributed by atoms with van der Waals surface area (Å²) >= 11 is 5.52. The topological polar surface area (TPSA) is 52.0 Å². The minimum atomic E-state index is 0.750. The molecular formula is C10H18ClN2. The molecule has 1 aromatic carbocycles. The molecular weight excluding hydrogens is 184 g/mol. The van der Waals surface area contributed by atoms with Crippen molar-refractivity contribution in [2.45, 2.75) is 13.8 Å². The van der Waals surface area contributed by atoms with Crippen molar-refractivity contribution in [2.75, 3.05) is 13.1 Å². The summed E-state index contributed by atoms with van der Waals surface area (Å²) in [5.41, 5.74) is 9.69. The molecule has 1 rings (SSSR count). The summed E-state index contributed by atoms with van der Waals surface area (Å²) in [5.74, 6) is 0. The third-order valence-electron chi connectivity index (χ3n) is 0.678. The van der Waals surface area contributed by atoms with Gasteiger partial charge in [0.1, 0.15) is 0 Å². The van der Waals surface area contributed by atoms with Crippen molar-refractivity contribution in [1.29, 1.82) is 0 Å². The van der Waals surface area contributed by atoms with E-state index >= 15 is 0 Å². The highest BCUT2D eigenvalue weighted by Crippen LogP contribution is 2.03. The van der Waals surface area contributed by atoms with Gasteiger partial charge < -0.3 is 11.5 Å². The van der Waals surface area contributed by atoms with Crippen LogP contribution in [0, 0.1) is 6.07 Å². The van der Waals surface area contributed by atoms with E-state index in [1.165, 1.54) is 0 Å². The number of hydrogen-bond acceptors (Lipinski definition) is 2. The lowest BCUT2D eigenvalue weighted by molar-refractivity contribution is 1.14. The molecule has 1 radical (unpaired) electrons. The predicted molar refractivity (Wildman–Crippen MR) is 59.7 cm³/mol. The van der Waals surface area contributed by atoms with Crippen molar-refractivity contribution in [3.63, 3.8) is 0 Å². The zero-order chi connectivity index (χ0) is 10.5. The van der Waals surface area contributed by atoms with E-state index in [1.54, 1.807) is 24.3 Å². The van der Waals surface area contributed by atoms with Gasteiger partial charge >= 0.3 is 0 Å². The lowest BCUT2D eigenvalue weighted by Crippen LogP contribution is -1.87. The third kappa shape index (κ3) is 18.4. The van der Waals surface area contributed by atoms with Crippen molar-refractivity contribution in [3.8, 4) is 0 Å². The van der Waals surface area contributed by atoms with E-state index in [-0.39, 0.29) is 0 Å². The summed E-state index contributed by atoms with van der Waals surface area (Å²) in [6.07, 6.45) is 0. The van der Waals surface area contributed by atoms with E-state index in [2.05, 4.69) is 6.07 Å². The molecule has 0 amide bonds. The van der Waals surface area contributed by atoms with E-state index in [0.717, 1.165) is 18.1 Å². The first-order valence-electron chi connectivity index (χ1n) is 4.24. The Kier molecular flexibility index (Phi) is 16.1. The van der Waals surface area contributed by atoms with Crippen LogP contribution in [0.5, 0.6) is 0 Å². The van der Waals surface area contributed by atoms with Crippen LogP contribution in [0.1, 0.15) is 13.8 Å². The van der Waals surface area contributed by atoms with Crippen LogP contribution in [-0.4, -0.2) is 13.1 Å². The van der Waals surface area contributed by atoms with Gasteiger partial charge in [-0.3, -0.25) is 0 Å². The van der Waals surface area contributed by atoms with Crippen LogP contribution in [-0.2, 0) is 0 Å². The summed E-state index contributed by atoms with van der Waals surface area (Å²) in [7, 11) is 0. The second kappa shape index (κ2) is 14.0. The molecule has 0 spiro atoms. The van der Waals surface area contributed by atoms with Gasteiger partial charge in [-0.05, 0) is 31.3 Å². The largest absolute Gasteiger partial charge is 0.331 e. The van der Waals surface area contributed by atoms with Crippen molar-refractivity contribution in [1.82, 2.24) is 0 Å². The van der Waals surface area contributed by atoms with Crippen molar-refractivity contribution in [2.24, 2.45) is 11.5 Å². The highest BCUT2D eigenvalue weighted by Gasteiger charge is 1.75. The maximum Gasteiger partial charge on any atom is 0.0406 e. The molecule has 0 aliphatic heterocycles. The zero-order valence-corrected chi connectivity index (χ0v) is 9.01. The average molecular weight is 202 g/mol. The van der Waals surface area contributed by atoms with Crippen molar-refractivity contribution < 1.29 is 0 Å². The predicted octanol–water partition coefficient (Wildman–Crippen LogP) is 2.07. The van der Waals surface area contributed by atoms with Crippen molar-refractivity contribution in [3.05, 3.63) is 35.4 Å². The molecule has 4 N–H and O–H groups in total. The Morgan fingerprint density at radius 3 is 1.62 bits per heavy atom. The van der Waals surface area contributed by atoms with Gasteiger partial charge in [-0.1, -0.05) is 37.6 Å². The molecule has 75 valence electrons. The Balaban J connectivity index is 0. The second-order valence-corrected chi connectivity index (χ2v) is 2.47. The van der Waals surface area contributed by atoms with E-state index in [0.29, 0.717) is 0 Å². The first-order chi connectivity index (χ1) is 6.22. The summed E-state index contributed by atoms with van der Waals surface area (Å²) < 4.78 is 0. The minimum Gasteiger partial charge on any atom is -0.331 e. The van der Waals surface area contributed by atoms with E-state index < -0.39 is 0 Å². The molecule has 0 heterocycles. The number of hydrogen-bond donors (Lipinski definition) is 2. The molecule has 0 aromatic heterocycles. The lowest BCUT2D eigenvalue weighted by Gasteiger charge is -1.79. The zero-order valence-electron chi connectivity index (χ0n) is 8.26. The SMILES string of the molecule is CCN.CCN.Clc1cc[c]cc1. The monoisotopic (exact) mass is 201 g/mol. The molecule has 13 heavy (non-hydrogen) atoms. The Bertz CT molecular complexity index is 164. The van der Waals surface area contributed by atoms with Crippen LogP contribution in [0.25, 0.3) is 0 Å². The van der Waals surface area contributed by atoms with Gasteiger partial charge in [-0.25, -0.2) is 0 Å². The molecule has 0 saturated heterocycles. The fraction of sp³-hybridized carbons (Fsp3) is 0.400. The van der Waals surface area contributed by atoms with Crippen LogP contribution in [0.3, 0.4) is 0 Å². The van der Waals surface area contributed by atoms with E-state index in [1.807, 2.05) is 13.8 Å². The molecule has 0 aliphatic rings. The standard InChI is InChI=1S/C6H4Cl.2C2H7N/c7-6-4-2-1-3-5-6;2*1-2-3/h2-5H;2*2-3H2,1H3. The maximum absolute atomic E-state index is 5.52. The third-order valence-corrected chi connectivity index (χ3v) is 0.930. The number of halogens is 1. The van der Waals surface area contributed by atoms with Gasteiger partial charge in [0.05, 0.1) is 0 Å². The fourth-order valence-corrected chi connectivity index (χ4v) is 0.493. The van der Waals surface area contributed by atoms with Crippen LogP contribution in [0.4, 0.5) is 0 Å². The lowest BCUT2D eigenvalue weighted by atomic mass is 10.4. The number of rotatable bonds is 0.